The standard InChI is InChI=1S/C8H11N3OS/c9-7(11-12)6-4-2-1-3-5(4)13-8(6)10/h12H,1-3,10H2,(H2,9,11). The molecule has 0 bridgehead atoms. The fraction of sp³-hybridized carbons (Fsp3) is 0.375. The van der Waals surface area contributed by atoms with Gasteiger partial charge in [-0.1, -0.05) is 5.16 Å². The summed E-state index contributed by atoms with van der Waals surface area (Å²) >= 11 is 1.55. The molecule has 70 valence electrons. The summed E-state index contributed by atoms with van der Waals surface area (Å²) in [4.78, 5) is 1.29. The van der Waals surface area contributed by atoms with E-state index in [4.69, 9.17) is 16.7 Å². The van der Waals surface area contributed by atoms with Crippen LogP contribution in [-0.2, 0) is 12.8 Å². The Morgan fingerprint density at radius 2 is 2.23 bits per heavy atom. The van der Waals surface area contributed by atoms with E-state index in [9.17, 15) is 0 Å². The van der Waals surface area contributed by atoms with Gasteiger partial charge in [-0.25, -0.2) is 0 Å². The Hall–Kier alpha value is -1.23. The van der Waals surface area contributed by atoms with Crippen molar-refractivity contribution in [3.05, 3.63) is 16.0 Å². The molecule has 2 rings (SSSR count). The Bertz CT molecular complexity index is 370. The largest absolute Gasteiger partial charge is 0.409 e. The first-order valence-corrected chi connectivity index (χ1v) is 4.93. The van der Waals surface area contributed by atoms with Crippen LogP contribution in [0.4, 0.5) is 5.00 Å². The molecule has 4 nitrogen and oxygen atoms in total. The third-order valence-electron chi connectivity index (χ3n) is 2.31. The van der Waals surface area contributed by atoms with Crippen molar-refractivity contribution in [3.63, 3.8) is 0 Å². The minimum Gasteiger partial charge on any atom is -0.409 e. The van der Waals surface area contributed by atoms with E-state index in [0.717, 1.165) is 24.8 Å². The third-order valence-corrected chi connectivity index (χ3v) is 3.43. The summed E-state index contributed by atoms with van der Waals surface area (Å²) in [5.41, 5.74) is 13.2. The molecular formula is C8H11N3OS. The molecule has 0 aliphatic heterocycles. The molecule has 13 heavy (non-hydrogen) atoms. The Labute approximate surface area is 79.8 Å². The lowest BCUT2D eigenvalue weighted by atomic mass is 10.1. The summed E-state index contributed by atoms with van der Waals surface area (Å²) in [6.45, 7) is 0. The topological polar surface area (TPSA) is 84.6 Å². The zero-order valence-electron chi connectivity index (χ0n) is 7.08. The number of thiophene rings is 1. The first-order valence-electron chi connectivity index (χ1n) is 4.12. The zero-order chi connectivity index (χ0) is 9.42. The number of nitrogen functional groups attached to an aromatic ring is 1. The Balaban J connectivity index is 2.56. The number of hydrogen-bond donors (Lipinski definition) is 3. The summed E-state index contributed by atoms with van der Waals surface area (Å²) in [5, 5.41) is 12.2. The Morgan fingerprint density at radius 1 is 1.46 bits per heavy atom. The van der Waals surface area contributed by atoms with Crippen LogP contribution in [0.1, 0.15) is 22.4 Å². The van der Waals surface area contributed by atoms with E-state index in [-0.39, 0.29) is 5.84 Å². The highest BCUT2D eigenvalue weighted by atomic mass is 32.1. The molecule has 0 atom stereocenters. The number of anilines is 1. The maximum Gasteiger partial charge on any atom is 0.173 e. The smallest absolute Gasteiger partial charge is 0.173 e. The van der Waals surface area contributed by atoms with Crippen LogP contribution in [0, 0.1) is 0 Å². The molecule has 1 heterocycles. The summed E-state index contributed by atoms with van der Waals surface area (Å²) in [6, 6.07) is 0. The van der Waals surface area contributed by atoms with Crippen LogP contribution in [0.25, 0.3) is 0 Å². The van der Waals surface area contributed by atoms with Gasteiger partial charge < -0.3 is 16.7 Å². The van der Waals surface area contributed by atoms with Gasteiger partial charge in [0.25, 0.3) is 0 Å². The SMILES string of the molecule is NC(=NO)c1c(N)sc2c1CCC2. The molecule has 1 aliphatic rings. The van der Waals surface area contributed by atoms with E-state index in [2.05, 4.69) is 5.16 Å². The van der Waals surface area contributed by atoms with Crippen molar-refractivity contribution >= 4 is 22.2 Å². The molecule has 0 fully saturated rings. The van der Waals surface area contributed by atoms with Crippen LogP contribution < -0.4 is 11.5 Å². The van der Waals surface area contributed by atoms with Crippen molar-refractivity contribution in [2.75, 3.05) is 5.73 Å². The molecule has 1 aromatic rings. The lowest BCUT2D eigenvalue weighted by molar-refractivity contribution is 0.318. The van der Waals surface area contributed by atoms with Crippen molar-refractivity contribution < 1.29 is 5.21 Å². The highest BCUT2D eigenvalue weighted by Gasteiger charge is 2.22. The highest BCUT2D eigenvalue weighted by molar-refractivity contribution is 7.16. The second-order valence-corrected chi connectivity index (χ2v) is 4.22. The monoisotopic (exact) mass is 197 g/mol. The lowest BCUT2D eigenvalue weighted by Crippen LogP contribution is -2.15. The van der Waals surface area contributed by atoms with Crippen LogP contribution in [0.15, 0.2) is 5.16 Å². The quantitative estimate of drug-likeness (QED) is 0.271. The van der Waals surface area contributed by atoms with Crippen LogP contribution in [0.5, 0.6) is 0 Å². The number of fused-ring (bicyclic) bond motifs is 1. The van der Waals surface area contributed by atoms with Gasteiger partial charge in [-0.3, -0.25) is 0 Å². The number of nitrogens with zero attached hydrogens (tertiary/aromatic N) is 1. The van der Waals surface area contributed by atoms with Gasteiger partial charge in [-0.2, -0.15) is 0 Å². The average molecular weight is 197 g/mol. The molecule has 5 N–H and O–H groups in total. The molecular weight excluding hydrogens is 186 g/mol. The van der Waals surface area contributed by atoms with E-state index >= 15 is 0 Å². The van der Waals surface area contributed by atoms with Gasteiger partial charge in [-0.05, 0) is 24.8 Å². The van der Waals surface area contributed by atoms with E-state index in [1.54, 1.807) is 11.3 Å². The zero-order valence-corrected chi connectivity index (χ0v) is 7.90. The maximum atomic E-state index is 8.57. The molecule has 5 heteroatoms. The maximum absolute atomic E-state index is 8.57. The molecule has 0 spiro atoms. The van der Waals surface area contributed by atoms with E-state index in [0.29, 0.717) is 5.00 Å². The minimum atomic E-state index is 0.136. The molecule has 0 radical (unpaired) electrons. The Kier molecular flexibility index (Phi) is 1.88. The third kappa shape index (κ3) is 1.16. The van der Waals surface area contributed by atoms with Gasteiger partial charge in [0, 0.05) is 4.88 Å². The number of nitrogens with two attached hydrogens (primary N) is 2. The normalized spacial score (nSPS) is 16.2. The number of rotatable bonds is 1. The molecule has 1 aromatic heterocycles. The number of oxime groups is 1. The van der Waals surface area contributed by atoms with E-state index in [1.165, 1.54) is 10.4 Å². The Morgan fingerprint density at radius 3 is 2.92 bits per heavy atom. The minimum absolute atomic E-state index is 0.136. The number of amidine groups is 1. The number of hydrogen-bond acceptors (Lipinski definition) is 4. The van der Waals surface area contributed by atoms with Gasteiger partial charge in [0.05, 0.1) is 10.6 Å². The van der Waals surface area contributed by atoms with Crippen molar-refractivity contribution in [2.45, 2.75) is 19.3 Å². The van der Waals surface area contributed by atoms with Crippen LogP contribution in [0.2, 0.25) is 0 Å². The van der Waals surface area contributed by atoms with E-state index in [1.807, 2.05) is 0 Å². The average Bonchev–Trinajstić information content (AvgIpc) is 2.62. The fourth-order valence-electron chi connectivity index (χ4n) is 1.76. The number of aryl methyl sites for hydroxylation is 1. The van der Waals surface area contributed by atoms with Gasteiger partial charge in [0.1, 0.15) is 0 Å². The van der Waals surface area contributed by atoms with Gasteiger partial charge in [-0.15, -0.1) is 11.3 Å². The predicted molar refractivity (Wildman–Crippen MR) is 53.3 cm³/mol. The lowest BCUT2D eigenvalue weighted by Gasteiger charge is -1.99. The second kappa shape index (κ2) is 2.92. The second-order valence-electron chi connectivity index (χ2n) is 3.08. The van der Waals surface area contributed by atoms with Gasteiger partial charge in [0.2, 0.25) is 0 Å². The first kappa shape index (κ1) is 8.37. The first-order chi connectivity index (χ1) is 6.24. The van der Waals surface area contributed by atoms with Crippen molar-refractivity contribution in [2.24, 2.45) is 10.9 Å². The molecule has 0 unspecified atom stereocenters. The summed E-state index contributed by atoms with van der Waals surface area (Å²) in [5.74, 6) is 0.136. The van der Waals surface area contributed by atoms with Gasteiger partial charge >= 0.3 is 0 Å². The summed E-state index contributed by atoms with van der Waals surface area (Å²) in [6.07, 6.45) is 3.21. The summed E-state index contributed by atoms with van der Waals surface area (Å²) < 4.78 is 0. The van der Waals surface area contributed by atoms with Crippen LogP contribution in [0.3, 0.4) is 0 Å². The fourth-order valence-corrected chi connectivity index (χ4v) is 2.93. The highest BCUT2D eigenvalue weighted by Crippen LogP contribution is 2.36. The predicted octanol–water partition coefficient (Wildman–Crippen LogP) is 0.914. The van der Waals surface area contributed by atoms with Crippen molar-refractivity contribution in [3.8, 4) is 0 Å². The van der Waals surface area contributed by atoms with E-state index < -0.39 is 0 Å². The molecule has 0 aromatic carbocycles. The van der Waals surface area contributed by atoms with Crippen LogP contribution >= 0.6 is 11.3 Å². The van der Waals surface area contributed by atoms with Crippen LogP contribution in [-0.4, -0.2) is 11.0 Å². The van der Waals surface area contributed by atoms with Crippen molar-refractivity contribution in [1.82, 2.24) is 0 Å². The van der Waals surface area contributed by atoms with Crippen molar-refractivity contribution in [1.29, 1.82) is 0 Å². The van der Waals surface area contributed by atoms with Gasteiger partial charge in [0.15, 0.2) is 5.84 Å². The summed E-state index contributed by atoms with van der Waals surface area (Å²) in [7, 11) is 0. The molecule has 0 saturated heterocycles. The molecule has 0 saturated carbocycles. The molecule has 0 amide bonds. The molecule has 1 aliphatic carbocycles.